The monoisotopic (exact) mass is 351 g/mol. The zero-order valence-electron chi connectivity index (χ0n) is 14.0. The lowest BCUT2D eigenvalue weighted by Crippen LogP contribution is -2.33. The smallest absolute Gasteiger partial charge is 0.140 e. The Morgan fingerprint density at radius 3 is 2.72 bits per heavy atom. The molecule has 1 fully saturated rings. The zero-order chi connectivity index (χ0) is 16.9. The molecule has 1 saturated heterocycles. The van der Waals surface area contributed by atoms with Gasteiger partial charge in [0, 0.05) is 42.0 Å². The summed E-state index contributed by atoms with van der Waals surface area (Å²) in [6, 6.07) is 12.4. The van der Waals surface area contributed by atoms with Gasteiger partial charge in [-0.15, -0.1) is 11.8 Å². The minimum absolute atomic E-state index is 0.577. The predicted molar refractivity (Wildman–Crippen MR) is 101 cm³/mol. The first kappa shape index (κ1) is 16.1. The van der Waals surface area contributed by atoms with Gasteiger partial charge in [-0.05, 0) is 31.0 Å². The van der Waals surface area contributed by atoms with Crippen molar-refractivity contribution in [2.45, 2.75) is 29.4 Å². The first-order valence-electron chi connectivity index (χ1n) is 8.61. The summed E-state index contributed by atoms with van der Waals surface area (Å²) in [4.78, 5) is 20.2. The first-order valence-corrected chi connectivity index (χ1v) is 9.60. The number of rotatable bonds is 5. The number of hydrogen-bond donors (Lipinski definition) is 1. The fraction of sp³-hybridized carbons (Fsp3) is 0.316. The molecular formula is C19H21N5S. The molecule has 3 aromatic rings. The normalized spacial score (nSPS) is 15.4. The Kier molecular flexibility index (Phi) is 4.97. The maximum Gasteiger partial charge on any atom is 0.140 e. The SMILES string of the molecule is c1ccc(SCc2nccc(N3CCC(c4cnc[nH]4)CC3)n2)cc1. The van der Waals surface area contributed by atoms with Crippen LogP contribution in [0.15, 0.2) is 60.0 Å². The lowest BCUT2D eigenvalue weighted by Gasteiger charge is -2.32. The molecule has 0 aliphatic carbocycles. The van der Waals surface area contributed by atoms with Crippen molar-refractivity contribution in [1.82, 2.24) is 19.9 Å². The Balaban J connectivity index is 1.37. The number of nitrogens with one attached hydrogen (secondary N) is 1. The second-order valence-corrected chi connectivity index (χ2v) is 7.25. The number of imidazole rings is 1. The standard InChI is InChI=1S/C19H21N5S/c1-2-4-16(5-3-1)25-13-18-21-9-6-19(23-18)24-10-7-15(8-11-24)17-12-20-14-22-17/h1-6,9,12,14-15H,7-8,10-11,13H2,(H,20,22). The molecule has 2 aromatic heterocycles. The largest absolute Gasteiger partial charge is 0.356 e. The average Bonchev–Trinajstić information content (AvgIpc) is 3.22. The van der Waals surface area contributed by atoms with Crippen LogP contribution in [0, 0.1) is 0 Å². The molecule has 4 rings (SSSR count). The molecule has 0 amide bonds. The highest BCUT2D eigenvalue weighted by molar-refractivity contribution is 7.98. The lowest BCUT2D eigenvalue weighted by molar-refractivity contribution is 0.494. The van der Waals surface area contributed by atoms with Crippen LogP contribution < -0.4 is 4.90 Å². The maximum atomic E-state index is 4.77. The Morgan fingerprint density at radius 2 is 1.96 bits per heavy atom. The van der Waals surface area contributed by atoms with Gasteiger partial charge in [-0.1, -0.05) is 18.2 Å². The molecule has 0 unspecified atom stereocenters. The Hall–Kier alpha value is -2.34. The highest BCUT2D eigenvalue weighted by Gasteiger charge is 2.22. The van der Waals surface area contributed by atoms with Crippen LogP contribution in [0.25, 0.3) is 0 Å². The maximum absolute atomic E-state index is 4.77. The number of nitrogens with zero attached hydrogens (tertiary/aromatic N) is 4. The molecule has 3 heterocycles. The number of thioether (sulfide) groups is 1. The minimum Gasteiger partial charge on any atom is -0.356 e. The Bertz CT molecular complexity index is 783. The van der Waals surface area contributed by atoms with Crippen LogP contribution in [0.4, 0.5) is 5.82 Å². The van der Waals surface area contributed by atoms with Crippen molar-refractivity contribution in [2.24, 2.45) is 0 Å². The summed E-state index contributed by atoms with van der Waals surface area (Å²) in [6.45, 7) is 2.04. The topological polar surface area (TPSA) is 57.7 Å². The average molecular weight is 351 g/mol. The van der Waals surface area contributed by atoms with Crippen LogP contribution in [0.3, 0.4) is 0 Å². The van der Waals surface area contributed by atoms with Crippen molar-refractivity contribution >= 4 is 17.6 Å². The highest BCUT2D eigenvalue weighted by Crippen LogP contribution is 2.28. The molecule has 0 bridgehead atoms. The van der Waals surface area contributed by atoms with Crippen molar-refractivity contribution in [2.75, 3.05) is 18.0 Å². The van der Waals surface area contributed by atoms with E-state index < -0.39 is 0 Å². The minimum atomic E-state index is 0.577. The summed E-state index contributed by atoms with van der Waals surface area (Å²) in [5.41, 5.74) is 1.25. The number of aromatic amines is 1. The number of benzene rings is 1. The second kappa shape index (κ2) is 7.70. The van der Waals surface area contributed by atoms with Gasteiger partial charge in [0.25, 0.3) is 0 Å². The molecular weight excluding hydrogens is 330 g/mol. The zero-order valence-corrected chi connectivity index (χ0v) is 14.8. The molecule has 5 nitrogen and oxygen atoms in total. The molecule has 6 heteroatoms. The summed E-state index contributed by atoms with van der Waals surface area (Å²) in [7, 11) is 0. The van der Waals surface area contributed by atoms with E-state index in [2.05, 4.69) is 44.1 Å². The van der Waals surface area contributed by atoms with E-state index in [0.29, 0.717) is 5.92 Å². The predicted octanol–water partition coefficient (Wildman–Crippen LogP) is 3.88. The van der Waals surface area contributed by atoms with Crippen molar-refractivity contribution in [3.63, 3.8) is 0 Å². The molecule has 1 aliphatic heterocycles. The lowest BCUT2D eigenvalue weighted by atomic mass is 9.94. The van der Waals surface area contributed by atoms with E-state index in [-0.39, 0.29) is 0 Å². The number of anilines is 1. The van der Waals surface area contributed by atoms with Gasteiger partial charge in [-0.2, -0.15) is 0 Å². The molecule has 0 spiro atoms. The van der Waals surface area contributed by atoms with Gasteiger partial charge >= 0.3 is 0 Å². The van der Waals surface area contributed by atoms with Gasteiger partial charge in [0.1, 0.15) is 11.6 Å². The number of aromatic nitrogens is 4. The van der Waals surface area contributed by atoms with Gasteiger partial charge in [-0.3, -0.25) is 0 Å². The molecule has 1 N–H and O–H groups in total. The third kappa shape index (κ3) is 4.02. The molecule has 0 saturated carbocycles. The summed E-state index contributed by atoms with van der Waals surface area (Å²) < 4.78 is 0. The first-order chi connectivity index (χ1) is 12.4. The van der Waals surface area contributed by atoms with Crippen molar-refractivity contribution in [1.29, 1.82) is 0 Å². The number of piperidine rings is 1. The molecule has 1 aromatic carbocycles. The van der Waals surface area contributed by atoms with Crippen LogP contribution in [-0.4, -0.2) is 33.0 Å². The summed E-state index contributed by atoms with van der Waals surface area (Å²) in [6.07, 6.45) is 7.84. The fourth-order valence-electron chi connectivity index (χ4n) is 3.21. The van der Waals surface area contributed by atoms with E-state index in [1.807, 2.05) is 24.5 Å². The van der Waals surface area contributed by atoms with Crippen molar-refractivity contribution in [3.8, 4) is 0 Å². The molecule has 128 valence electrons. The Morgan fingerprint density at radius 1 is 1.12 bits per heavy atom. The third-order valence-electron chi connectivity index (χ3n) is 4.58. The molecule has 0 radical (unpaired) electrons. The van der Waals surface area contributed by atoms with Crippen molar-refractivity contribution in [3.05, 3.63) is 66.6 Å². The van der Waals surface area contributed by atoms with Gasteiger partial charge in [0.2, 0.25) is 0 Å². The fourth-order valence-corrected chi connectivity index (χ4v) is 3.99. The summed E-state index contributed by atoms with van der Waals surface area (Å²) in [5.74, 6) is 3.31. The highest BCUT2D eigenvalue weighted by atomic mass is 32.2. The van der Waals surface area contributed by atoms with Crippen LogP contribution in [-0.2, 0) is 5.75 Å². The number of hydrogen-bond acceptors (Lipinski definition) is 5. The quantitative estimate of drug-likeness (QED) is 0.707. The molecule has 0 atom stereocenters. The van der Waals surface area contributed by atoms with Gasteiger partial charge in [0.05, 0.1) is 12.1 Å². The van der Waals surface area contributed by atoms with Gasteiger partial charge in [0.15, 0.2) is 0 Å². The van der Waals surface area contributed by atoms with Gasteiger partial charge in [-0.25, -0.2) is 15.0 Å². The van der Waals surface area contributed by atoms with Gasteiger partial charge < -0.3 is 9.88 Å². The Labute approximate surface area is 151 Å². The van der Waals surface area contributed by atoms with E-state index in [1.54, 1.807) is 18.1 Å². The van der Waals surface area contributed by atoms with E-state index in [1.165, 1.54) is 10.6 Å². The summed E-state index contributed by atoms with van der Waals surface area (Å²) >= 11 is 1.77. The van der Waals surface area contributed by atoms with E-state index in [4.69, 9.17) is 4.98 Å². The van der Waals surface area contributed by atoms with Crippen LogP contribution >= 0.6 is 11.8 Å². The van der Waals surface area contributed by atoms with Crippen LogP contribution in [0.5, 0.6) is 0 Å². The third-order valence-corrected chi connectivity index (χ3v) is 5.59. The molecule has 1 aliphatic rings. The number of H-pyrrole nitrogens is 1. The van der Waals surface area contributed by atoms with Crippen LogP contribution in [0.2, 0.25) is 0 Å². The van der Waals surface area contributed by atoms with Crippen molar-refractivity contribution < 1.29 is 0 Å². The van der Waals surface area contributed by atoms with E-state index >= 15 is 0 Å². The van der Waals surface area contributed by atoms with Crippen LogP contribution in [0.1, 0.15) is 30.3 Å². The molecule has 25 heavy (non-hydrogen) atoms. The van der Waals surface area contributed by atoms with E-state index in [9.17, 15) is 0 Å². The summed E-state index contributed by atoms with van der Waals surface area (Å²) in [5, 5.41) is 0. The second-order valence-electron chi connectivity index (χ2n) is 6.20. The van der Waals surface area contributed by atoms with E-state index in [0.717, 1.165) is 43.3 Å².